The fourth-order valence-electron chi connectivity index (χ4n) is 1.99. The van der Waals surface area contributed by atoms with E-state index in [2.05, 4.69) is 53.7 Å². The maximum atomic E-state index is 5.66. The number of benzene rings is 1. The molecule has 0 radical (unpaired) electrons. The summed E-state index contributed by atoms with van der Waals surface area (Å²) >= 11 is 1.72. The maximum Gasteiger partial charge on any atom is 0.191 e. The second-order valence-electron chi connectivity index (χ2n) is 4.57. The van der Waals surface area contributed by atoms with Crippen molar-refractivity contribution in [2.75, 3.05) is 0 Å². The highest BCUT2D eigenvalue weighted by Crippen LogP contribution is 2.24. The van der Waals surface area contributed by atoms with E-state index in [1.165, 1.54) is 16.7 Å². The average Bonchev–Trinajstić information content (AvgIpc) is 2.81. The van der Waals surface area contributed by atoms with E-state index in [1.807, 2.05) is 0 Å². The Balaban J connectivity index is 2.14. The van der Waals surface area contributed by atoms with Gasteiger partial charge in [-0.05, 0) is 31.9 Å². The lowest BCUT2D eigenvalue weighted by molar-refractivity contribution is 0.643. The van der Waals surface area contributed by atoms with Gasteiger partial charge in [-0.15, -0.1) is 10.2 Å². The molecule has 0 spiro atoms. The third kappa shape index (κ3) is 3.16. The lowest BCUT2D eigenvalue weighted by Gasteiger charge is -2.08. The first-order valence-electron chi connectivity index (χ1n) is 6.46. The summed E-state index contributed by atoms with van der Waals surface area (Å²) in [5.74, 6) is 1.77. The Morgan fingerprint density at radius 2 is 2.05 bits per heavy atom. The van der Waals surface area contributed by atoms with Crippen LogP contribution >= 0.6 is 11.8 Å². The highest BCUT2D eigenvalue weighted by atomic mass is 32.2. The van der Waals surface area contributed by atoms with Crippen molar-refractivity contribution in [1.82, 2.24) is 14.8 Å². The van der Waals surface area contributed by atoms with E-state index in [-0.39, 0.29) is 0 Å². The minimum absolute atomic E-state index is 0.435. The molecule has 1 heterocycles. The molecule has 0 aliphatic rings. The molecule has 0 saturated heterocycles. The Kier molecular flexibility index (Phi) is 4.61. The molecule has 2 aromatic rings. The van der Waals surface area contributed by atoms with Crippen LogP contribution in [-0.4, -0.2) is 14.8 Å². The zero-order chi connectivity index (χ0) is 13.8. The van der Waals surface area contributed by atoms with Gasteiger partial charge in [-0.1, -0.05) is 35.5 Å². The Morgan fingerprint density at radius 1 is 1.26 bits per heavy atom. The summed E-state index contributed by atoms with van der Waals surface area (Å²) < 4.78 is 2.08. The summed E-state index contributed by atoms with van der Waals surface area (Å²) in [6.45, 7) is 7.64. The number of thioether (sulfide) groups is 1. The third-order valence-electron chi connectivity index (χ3n) is 3.15. The molecule has 0 atom stereocenters. The first kappa shape index (κ1) is 14.1. The summed E-state index contributed by atoms with van der Waals surface area (Å²) in [6.07, 6.45) is 0. The molecule has 4 nitrogen and oxygen atoms in total. The topological polar surface area (TPSA) is 56.7 Å². The molecule has 0 aliphatic heterocycles. The molecule has 19 heavy (non-hydrogen) atoms. The fraction of sp³-hybridized carbons (Fsp3) is 0.429. The molecule has 5 heteroatoms. The van der Waals surface area contributed by atoms with Gasteiger partial charge in [0.15, 0.2) is 5.16 Å². The Morgan fingerprint density at radius 3 is 2.74 bits per heavy atom. The van der Waals surface area contributed by atoms with E-state index in [1.54, 1.807) is 11.8 Å². The molecular formula is C14H20N4S. The van der Waals surface area contributed by atoms with Gasteiger partial charge >= 0.3 is 0 Å². The largest absolute Gasteiger partial charge is 0.324 e. The maximum absolute atomic E-state index is 5.66. The number of nitrogens with two attached hydrogens (primary N) is 1. The Hall–Kier alpha value is -1.33. The summed E-state index contributed by atoms with van der Waals surface area (Å²) in [5, 5.41) is 9.29. The SMILES string of the molecule is CCn1c(CN)nnc1SCc1cc(C)ccc1C. The van der Waals surface area contributed by atoms with E-state index in [4.69, 9.17) is 5.73 Å². The van der Waals surface area contributed by atoms with Crippen molar-refractivity contribution in [3.63, 3.8) is 0 Å². The molecule has 2 N–H and O–H groups in total. The van der Waals surface area contributed by atoms with Gasteiger partial charge in [0.25, 0.3) is 0 Å². The summed E-state index contributed by atoms with van der Waals surface area (Å²) in [4.78, 5) is 0. The second kappa shape index (κ2) is 6.21. The van der Waals surface area contributed by atoms with E-state index < -0.39 is 0 Å². The quantitative estimate of drug-likeness (QED) is 0.853. The van der Waals surface area contributed by atoms with Crippen LogP contribution in [0.4, 0.5) is 0 Å². The molecule has 2 rings (SSSR count). The van der Waals surface area contributed by atoms with Gasteiger partial charge in [0, 0.05) is 12.3 Å². The second-order valence-corrected chi connectivity index (χ2v) is 5.51. The van der Waals surface area contributed by atoms with Crippen LogP contribution in [-0.2, 0) is 18.8 Å². The van der Waals surface area contributed by atoms with E-state index in [9.17, 15) is 0 Å². The third-order valence-corrected chi connectivity index (χ3v) is 4.17. The van der Waals surface area contributed by atoms with Gasteiger partial charge in [-0.25, -0.2) is 0 Å². The van der Waals surface area contributed by atoms with Crippen molar-refractivity contribution in [1.29, 1.82) is 0 Å². The van der Waals surface area contributed by atoms with Crippen LogP contribution in [0.3, 0.4) is 0 Å². The van der Waals surface area contributed by atoms with Gasteiger partial charge in [0.2, 0.25) is 0 Å². The number of aromatic nitrogens is 3. The summed E-state index contributed by atoms with van der Waals surface area (Å²) in [6, 6.07) is 6.55. The Bertz CT molecular complexity index is 563. The lowest BCUT2D eigenvalue weighted by atomic mass is 10.1. The Labute approximate surface area is 118 Å². The zero-order valence-corrected chi connectivity index (χ0v) is 12.5. The van der Waals surface area contributed by atoms with Crippen LogP contribution in [0.5, 0.6) is 0 Å². The van der Waals surface area contributed by atoms with Crippen LogP contribution in [0.2, 0.25) is 0 Å². The van der Waals surface area contributed by atoms with Crippen molar-refractivity contribution < 1.29 is 0 Å². The van der Waals surface area contributed by atoms with Crippen molar-refractivity contribution in [3.05, 3.63) is 40.7 Å². The van der Waals surface area contributed by atoms with Crippen LogP contribution in [0, 0.1) is 13.8 Å². The van der Waals surface area contributed by atoms with Crippen LogP contribution in [0.1, 0.15) is 29.4 Å². The average molecular weight is 276 g/mol. The molecule has 0 amide bonds. The fourth-order valence-corrected chi connectivity index (χ4v) is 3.08. The van der Waals surface area contributed by atoms with Crippen LogP contribution in [0.15, 0.2) is 23.4 Å². The van der Waals surface area contributed by atoms with Crippen molar-refractivity contribution >= 4 is 11.8 Å². The normalized spacial score (nSPS) is 10.9. The predicted molar refractivity (Wildman–Crippen MR) is 79.1 cm³/mol. The van der Waals surface area contributed by atoms with Gasteiger partial charge in [-0.2, -0.15) is 0 Å². The van der Waals surface area contributed by atoms with Gasteiger partial charge in [0.05, 0.1) is 6.54 Å². The minimum atomic E-state index is 0.435. The predicted octanol–water partition coefficient (Wildman–Crippen LogP) is 2.67. The summed E-state index contributed by atoms with van der Waals surface area (Å²) in [7, 11) is 0. The molecule has 0 saturated carbocycles. The first-order chi connectivity index (χ1) is 9.15. The van der Waals surface area contributed by atoms with E-state index in [0.29, 0.717) is 6.54 Å². The van der Waals surface area contributed by atoms with Crippen molar-refractivity contribution in [2.24, 2.45) is 5.73 Å². The minimum Gasteiger partial charge on any atom is -0.324 e. The smallest absolute Gasteiger partial charge is 0.191 e. The number of aryl methyl sites for hydroxylation is 2. The number of rotatable bonds is 5. The molecule has 1 aromatic carbocycles. The zero-order valence-electron chi connectivity index (χ0n) is 11.7. The molecule has 0 bridgehead atoms. The van der Waals surface area contributed by atoms with Crippen LogP contribution in [0.25, 0.3) is 0 Å². The van der Waals surface area contributed by atoms with E-state index >= 15 is 0 Å². The molecule has 102 valence electrons. The first-order valence-corrected chi connectivity index (χ1v) is 7.45. The van der Waals surface area contributed by atoms with Crippen LogP contribution < -0.4 is 5.73 Å². The highest BCUT2D eigenvalue weighted by molar-refractivity contribution is 7.98. The molecule has 1 aromatic heterocycles. The van der Waals surface area contributed by atoms with Gasteiger partial charge < -0.3 is 10.3 Å². The van der Waals surface area contributed by atoms with Gasteiger partial charge in [-0.3, -0.25) is 0 Å². The number of hydrogen-bond donors (Lipinski definition) is 1. The summed E-state index contributed by atoms with van der Waals surface area (Å²) in [5.41, 5.74) is 9.62. The highest BCUT2D eigenvalue weighted by Gasteiger charge is 2.10. The van der Waals surface area contributed by atoms with E-state index in [0.717, 1.165) is 23.3 Å². The van der Waals surface area contributed by atoms with Gasteiger partial charge in [0.1, 0.15) is 5.82 Å². The number of hydrogen-bond acceptors (Lipinski definition) is 4. The molecule has 0 unspecified atom stereocenters. The van der Waals surface area contributed by atoms with Crippen molar-refractivity contribution in [2.45, 2.75) is 44.8 Å². The molecule has 0 aliphatic carbocycles. The molecule has 0 fully saturated rings. The van der Waals surface area contributed by atoms with Crippen molar-refractivity contribution in [3.8, 4) is 0 Å². The standard InChI is InChI=1S/C14H20N4S/c1-4-18-13(8-15)16-17-14(18)19-9-12-7-10(2)5-6-11(12)3/h5-7H,4,8-9,15H2,1-3H3. The lowest BCUT2D eigenvalue weighted by Crippen LogP contribution is -2.08. The molecular weight excluding hydrogens is 256 g/mol. The monoisotopic (exact) mass is 276 g/mol. The number of nitrogens with zero attached hydrogens (tertiary/aromatic N) is 3.